The maximum Gasteiger partial charge on any atom is 0.277 e. The molecule has 10 heteroatoms. The van der Waals surface area contributed by atoms with Gasteiger partial charge in [0.2, 0.25) is 0 Å². The van der Waals surface area contributed by atoms with Crippen LogP contribution in [-0.4, -0.2) is 20.0 Å². The molecule has 0 radical (unpaired) electrons. The predicted octanol–water partition coefficient (Wildman–Crippen LogP) is 3.92. The lowest BCUT2D eigenvalue weighted by atomic mass is 9.99. The first kappa shape index (κ1) is 18.4. The van der Waals surface area contributed by atoms with Crippen LogP contribution in [0.15, 0.2) is 34.2 Å². The molecule has 0 bridgehead atoms. The van der Waals surface area contributed by atoms with Gasteiger partial charge < -0.3 is 10.3 Å². The zero-order chi connectivity index (χ0) is 17.4. The third-order valence-corrected chi connectivity index (χ3v) is 5.29. The highest BCUT2D eigenvalue weighted by molar-refractivity contribution is 7.13. The fourth-order valence-corrected chi connectivity index (χ4v) is 3.81. The smallest absolute Gasteiger partial charge is 0.277 e. The van der Waals surface area contributed by atoms with Crippen molar-refractivity contribution in [2.24, 2.45) is 5.73 Å². The minimum Gasteiger partial charge on any atom is -0.332 e. The molecule has 4 rings (SSSR count). The van der Waals surface area contributed by atoms with Crippen molar-refractivity contribution < 1.29 is 9.45 Å². The molecule has 1 aliphatic rings. The van der Waals surface area contributed by atoms with Gasteiger partial charge in [0.05, 0.1) is 10.5 Å². The first-order valence-corrected chi connectivity index (χ1v) is 8.77. The van der Waals surface area contributed by atoms with Crippen molar-refractivity contribution >= 4 is 29.4 Å². The topological polar surface area (TPSA) is 121 Å². The van der Waals surface area contributed by atoms with Gasteiger partial charge in [0.25, 0.3) is 11.6 Å². The molecule has 2 aromatic heterocycles. The Kier molecular flexibility index (Phi) is 5.03. The Morgan fingerprint density at radius 2 is 2.04 bits per heavy atom. The van der Waals surface area contributed by atoms with E-state index < -0.39 is 10.5 Å². The third kappa shape index (κ3) is 3.33. The van der Waals surface area contributed by atoms with Gasteiger partial charge in [-0.2, -0.15) is 4.98 Å². The number of halogens is 1. The van der Waals surface area contributed by atoms with E-state index in [2.05, 4.69) is 15.1 Å². The average Bonchev–Trinajstić information content (AvgIpc) is 3.35. The van der Waals surface area contributed by atoms with E-state index in [1.165, 1.54) is 23.5 Å². The summed E-state index contributed by atoms with van der Waals surface area (Å²) in [5.41, 5.74) is 7.09. The highest BCUT2D eigenvalue weighted by Crippen LogP contribution is 2.36. The quantitative estimate of drug-likeness (QED) is 0.526. The molecule has 0 unspecified atom stereocenters. The summed E-state index contributed by atoms with van der Waals surface area (Å²) in [6, 6.07) is 6.36. The molecule has 1 aromatic carbocycles. The van der Waals surface area contributed by atoms with Crippen LogP contribution in [0, 0.1) is 10.1 Å². The van der Waals surface area contributed by atoms with Gasteiger partial charge in [-0.3, -0.25) is 10.1 Å². The summed E-state index contributed by atoms with van der Waals surface area (Å²) in [6.07, 6.45) is 3.83. The number of aromatic nitrogens is 3. The molecular weight excluding hydrogens is 378 g/mol. The summed E-state index contributed by atoms with van der Waals surface area (Å²) in [7, 11) is 0. The second kappa shape index (κ2) is 7.10. The molecule has 3 aromatic rings. The minimum absolute atomic E-state index is 0. The Balaban J connectivity index is 0.00000196. The summed E-state index contributed by atoms with van der Waals surface area (Å²) in [5.74, 6) is 0.838. The normalized spacial score (nSPS) is 15.6. The summed E-state index contributed by atoms with van der Waals surface area (Å²) >= 11 is 1.37. The van der Waals surface area contributed by atoms with Gasteiger partial charge in [-0.25, -0.2) is 4.98 Å². The van der Waals surface area contributed by atoms with Crippen LogP contribution in [0.3, 0.4) is 0 Å². The fourth-order valence-electron chi connectivity index (χ4n) is 3.02. The first-order valence-electron chi connectivity index (χ1n) is 7.89. The minimum atomic E-state index is -0.513. The largest absolute Gasteiger partial charge is 0.332 e. The first-order chi connectivity index (χ1) is 12.0. The Morgan fingerprint density at radius 1 is 1.27 bits per heavy atom. The van der Waals surface area contributed by atoms with Crippen molar-refractivity contribution in [3.05, 3.63) is 45.6 Å². The number of rotatable bonds is 4. The van der Waals surface area contributed by atoms with Gasteiger partial charge >= 0.3 is 0 Å². The molecule has 1 saturated carbocycles. The van der Waals surface area contributed by atoms with Crippen LogP contribution < -0.4 is 5.73 Å². The van der Waals surface area contributed by atoms with Crippen molar-refractivity contribution in [2.75, 3.05) is 0 Å². The molecule has 136 valence electrons. The van der Waals surface area contributed by atoms with Crippen LogP contribution in [0.5, 0.6) is 0 Å². The molecule has 2 heterocycles. The standard InChI is InChI=1S/C16H15N5O3S.ClH/c17-16(6-1-2-7-16)15-19-13(24-20-15)12-9-25-14(18-12)10-4-3-5-11(8-10)21(22)23;/h3-5,8-9H,1-2,6-7,17H2;1H. The summed E-state index contributed by atoms with van der Waals surface area (Å²) in [6.45, 7) is 0. The lowest BCUT2D eigenvalue weighted by molar-refractivity contribution is -0.384. The zero-order valence-electron chi connectivity index (χ0n) is 13.6. The van der Waals surface area contributed by atoms with E-state index in [1.807, 2.05) is 0 Å². The van der Waals surface area contributed by atoms with Crippen LogP contribution in [0.25, 0.3) is 22.2 Å². The van der Waals surface area contributed by atoms with E-state index in [0.717, 1.165) is 25.7 Å². The monoisotopic (exact) mass is 393 g/mol. The lowest BCUT2D eigenvalue weighted by Crippen LogP contribution is -2.34. The van der Waals surface area contributed by atoms with Crippen LogP contribution in [0.4, 0.5) is 5.69 Å². The number of nitro benzene ring substituents is 1. The van der Waals surface area contributed by atoms with Crippen molar-refractivity contribution in [3.63, 3.8) is 0 Å². The Labute approximate surface area is 159 Å². The molecular formula is C16H16ClN5O3S. The van der Waals surface area contributed by atoms with E-state index in [4.69, 9.17) is 10.3 Å². The SMILES string of the molecule is Cl.NC1(c2noc(-c3csc(-c4cccc([N+](=O)[O-])c4)n3)n2)CCCC1. The average molecular weight is 394 g/mol. The molecule has 0 spiro atoms. The highest BCUT2D eigenvalue weighted by Gasteiger charge is 2.36. The molecule has 2 N–H and O–H groups in total. The summed E-state index contributed by atoms with van der Waals surface area (Å²) in [5, 5.41) is 17.4. The number of non-ortho nitro benzene ring substituents is 1. The van der Waals surface area contributed by atoms with Crippen molar-refractivity contribution in [1.29, 1.82) is 0 Å². The van der Waals surface area contributed by atoms with Gasteiger partial charge in [-0.1, -0.05) is 30.1 Å². The molecule has 8 nitrogen and oxygen atoms in total. The van der Waals surface area contributed by atoms with Crippen LogP contribution in [-0.2, 0) is 5.54 Å². The Hall–Kier alpha value is -2.36. The Morgan fingerprint density at radius 3 is 2.77 bits per heavy atom. The van der Waals surface area contributed by atoms with E-state index in [-0.39, 0.29) is 18.1 Å². The highest BCUT2D eigenvalue weighted by atomic mass is 35.5. The molecule has 26 heavy (non-hydrogen) atoms. The number of nitro groups is 1. The fraction of sp³-hybridized carbons (Fsp3) is 0.312. The third-order valence-electron chi connectivity index (χ3n) is 4.39. The van der Waals surface area contributed by atoms with Crippen LogP contribution >= 0.6 is 23.7 Å². The van der Waals surface area contributed by atoms with Gasteiger partial charge in [0.1, 0.15) is 10.7 Å². The van der Waals surface area contributed by atoms with E-state index in [9.17, 15) is 10.1 Å². The number of thiazole rings is 1. The maximum absolute atomic E-state index is 10.9. The molecule has 1 aliphatic carbocycles. The second-order valence-electron chi connectivity index (χ2n) is 6.13. The number of nitrogens with two attached hydrogens (primary N) is 1. The lowest BCUT2D eigenvalue weighted by Gasteiger charge is -2.17. The van der Waals surface area contributed by atoms with E-state index >= 15 is 0 Å². The van der Waals surface area contributed by atoms with Crippen molar-refractivity contribution in [1.82, 2.24) is 15.1 Å². The van der Waals surface area contributed by atoms with E-state index in [1.54, 1.807) is 17.5 Å². The Bertz CT molecular complexity index is 935. The van der Waals surface area contributed by atoms with Crippen LogP contribution in [0.2, 0.25) is 0 Å². The summed E-state index contributed by atoms with van der Waals surface area (Å²) in [4.78, 5) is 19.4. The van der Waals surface area contributed by atoms with E-state index in [0.29, 0.717) is 28.0 Å². The maximum atomic E-state index is 10.9. The molecule has 1 fully saturated rings. The molecule has 0 saturated heterocycles. The molecule has 0 amide bonds. The van der Waals surface area contributed by atoms with Gasteiger partial charge in [0.15, 0.2) is 5.82 Å². The number of hydrogen-bond acceptors (Lipinski definition) is 8. The zero-order valence-corrected chi connectivity index (χ0v) is 15.3. The number of benzene rings is 1. The molecule has 0 aliphatic heterocycles. The van der Waals surface area contributed by atoms with Crippen LogP contribution in [0.1, 0.15) is 31.5 Å². The van der Waals surface area contributed by atoms with Crippen molar-refractivity contribution in [2.45, 2.75) is 31.2 Å². The predicted molar refractivity (Wildman–Crippen MR) is 99.1 cm³/mol. The summed E-state index contributed by atoms with van der Waals surface area (Å²) < 4.78 is 5.33. The second-order valence-corrected chi connectivity index (χ2v) is 6.99. The van der Waals surface area contributed by atoms with Gasteiger partial charge in [-0.05, 0) is 12.8 Å². The van der Waals surface area contributed by atoms with Crippen molar-refractivity contribution in [3.8, 4) is 22.2 Å². The number of nitrogens with zero attached hydrogens (tertiary/aromatic N) is 4. The van der Waals surface area contributed by atoms with Gasteiger partial charge in [0, 0.05) is 23.1 Å². The number of hydrogen-bond donors (Lipinski definition) is 1. The molecule has 0 atom stereocenters. The van der Waals surface area contributed by atoms with Gasteiger partial charge in [-0.15, -0.1) is 23.7 Å².